The van der Waals surface area contributed by atoms with Gasteiger partial charge in [0.25, 0.3) is 0 Å². The van der Waals surface area contributed by atoms with Crippen LogP contribution in [0.3, 0.4) is 0 Å². The molecule has 7 aromatic rings. The lowest BCUT2D eigenvalue weighted by Gasteiger charge is -2.38. The molecule has 0 bridgehead atoms. The first-order valence-electron chi connectivity index (χ1n) is 18.1. The number of anilines is 1. The Bertz CT molecular complexity index is 2570. The molecule has 0 fully saturated rings. The second kappa shape index (κ2) is 12.5. The third-order valence-corrected chi connectivity index (χ3v) is 11.1. The summed E-state index contributed by atoms with van der Waals surface area (Å²) >= 11 is 0. The number of hydrogen-bond donors (Lipinski definition) is 1. The van der Waals surface area contributed by atoms with Gasteiger partial charge in [0.15, 0.2) is 5.78 Å². The van der Waals surface area contributed by atoms with Crippen LogP contribution in [0, 0.1) is 0 Å². The van der Waals surface area contributed by atoms with Crippen LogP contribution in [0.4, 0.5) is 5.69 Å². The zero-order valence-electron chi connectivity index (χ0n) is 28.8. The van der Waals surface area contributed by atoms with Gasteiger partial charge < -0.3 is 14.6 Å². The average Bonchev–Trinajstić information content (AvgIpc) is 3.60. The Labute approximate surface area is 298 Å². The van der Waals surface area contributed by atoms with Crippen molar-refractivity contribution in [3.05, 3.63) is 178 Å². The van der Waals surface area contributed by atoms with E-state index >= 15 is 0 Å². The minimum absolute atomic E-state index is 0.0773. The summed E-state index contributed by atoms with van der Waals surface area (Å²) in [4.78, 5) is 16.6. The molecule has 250 valence electrons. The molecule has 1 aliphatic heterocycles. The highest BCUT2D eigenvalue weighted by Gasteiger charge is 2.43. The van der Waals surface area contributed by atoms with Crippen LogP contribution in [0.15, 0.2) is 156 Å². The van der Waals surface area contributed by atoms with E-state index in [1.807, 2.05) is 12.2 Å². The number of aromatic nitrogens is 1. The number of nitrogens with zero attached hydrogens (tertiary/aromatic N) is 2. The van der Waals surface area contributed by atoms with Gasteiger partial charge in [0, 0.05) is 45.8 Å². The van der Waals surface area contributed by atoms with Crippen LogP contribution in [0.25, 0.3) is 38.5 Å². The second-order valence-electron chi connectivity index (χ2n) is 14.2. The Balaban J connectivity index is 1.11. The predicted molar refractivity (Wildman–Crippen MR) is 210 cm³/mol. The zero-order valence-corrected chi connectivity index (χ0v) is 28.8. The number of rotatable bonds is 10. The molecule has 9 rings (SSSR count). The second-order valence-corrected chi connectivity index (χ2v) is 14.2. The summed E-state index contributed by atoms with van der Waals surface area (Å²) < 4.78 is 2.33. The number of aryl methyl sites for hydroxylation is 3. The van der Waals surface area contributed by atoms with Gasteiger partial charge in [-0.2, -0.15) is 0 Å². The van der Waals surface area contributed by atoms with E-state index < -0.39 is 5.54 Å². The van der Waals surface area contributed by atoms with Gasteiger partial charge in [-0.05, 0) is 84.4 Å². The molecule has 1 atom stereocenters. The highest BCUT2D eigenvalue weighted by Crippen LogP contribution is 2.50. The van der Waals surface area contributed by atoms with Gasteiger partial charge in [0.1, 0.15) is 5.76 Å². The SMILES string of the molecule is CC1(/C=C2\C(=O)C(/C=c3/c4cccc5cccc(c54)n3CCCc3ccccc3)=C2O)c2cccc3cccc(c23)N1CCCc1ccccc1. The highest BCUT2D eigenvalue weighted by molar-refractivity contribution is 6.24. The molecule has 0 saturated heterocycles. The van der Waals surface area contributed by atoms with E-state index in [1.54, 1.807) is 0 Å². The molecule has 6 aromatic carbocycles. The number of hydrogen-bond acceptors (Lipinski definition) is 3. The van der Waals surface area contributed by atoms with E-state index in [9.17, 15) is 9.90 Å². The molecular formula is C47H40N2O2. The summed E-state index contributed by atoms with van der Waals surface area (Å²) in [5.74, 6) is -0.0329. The van der Waals surface area contributed by atoms with Gasteiger partial charge in [-0.3, -0.25) is 4.79 Å². The molecule has 0 radical (unpaired) electrons. The Morgan fingerprint density at radius 2 is 1.27 bits per heavy atom. The molecule has 0 saturated carbocycles. The molecule has 2 heterocycles. The fourth-order valence-corrected chi connectivity index (χ4v) is 8.60. The summed E-state index contributed by atoms with van der Waals surface area (Å²) in [5.41, 5.74) is 6.30. The highest BCUT2D eigenvalue weighted by atomic mass is 16.3. The lowest BCUT2D eigenvalue weighted by molar-refractivity contribution is -0.113. The molecule has 4 heteroatoms. The smallest absolute Gasteiger partial charge is 0.200 e. The third-order valence-electron chi connectivity index (χ3n) is 11.1. The number of benzene rings is 6. The van der Waals surface area contributed by atoms with Crippen molar-refractivity contribution in [3.8, 4) is 0 Å². The monoisotopic (exact) mass is 664 g/mol. The van der Waals surface area contributed by atoms with Gasteiger partial charge in [-0.25, -0.2) is 0 Å². The number of Topliss-reactive ketones (excluding diaryl/α,β-unsaturated/α-hetero) is 1. The van der Waals surface area contributed by atoms with Crippen LogP contribution < -0.4 is 10.2 Å². The maximum atomic E-state index is 14.2. The molecule has 4 nitrogen and oxygen atoms in total. The number of aliphatic hydroxyl groups is 1. The van der Waals surface area contributed by atoms with Gasteiger partial charge in [-0.1, -0.05) is 121 Å². The average molecular weight is 665 g/mol. The maximum Gasteiger partial charge on any atom is 0.200 e. The molecule has 2 aliphatic rings. The molecular weight excluding hydrogens is 625 g/mol. The molecule has 0 amide bonds. The van der Waals surface area contributed by atoms with E-state index in [0.717, 1.165) is 60.6 Å². The van der Waals surface area contributed by atoms with Crippen LogP contribution in [0.2, 0.25) is 0 Å². The van der Waals surface area contributed by atoms with E-state index in [0.29, 0.717) is 11.1 Å². The first-order chi connectivity index (χ1) is 25.0. The minimum atomic E-state index is -0.601. The molecule has 51 heavy (non-hydrogen) atoms. The van der Waals surface area contributed by atoms with Crippen LogP contribution in [0.1, 0.15) is 36.5 Å². The molecule has 0 spiro atoms. The number of ketones is 1. The van der Waals surface area contributed by atoms with Crippen molar-refractivity contribution < 1.29 is 9.90 Å². The molecule has 1 aromatic heterocycles. The Morgan fingerprint density at radius 3 is 1.96 bits per heavy atom. The lowest BCUT2D eigenvalue weighted by atomic mass is 9.81. The number of carbonyl (C=O) groups excluding carboxylic acids is 1. The van der Waals surface area contributed by atoms with Crippen molar-refractivity contribution in [2.24, 2.45) is 0 Å². The molecule has 1 aliphatic carbocycles. The summed E-state index contributed by atoms with van der Waals surface area (Å²) in [6.45, 7) is 3.81. The van der Waals surface area contributed by atoms with Crippen LogP contribution in [0.5, 0.6) is 0 Å². The van der Waals surface area contributed by atoms with E-state index in [4.69, 9.17) is 0 Å². The first-order valence-corrected chi connectivity index (χ1v) is 18.1. The van der Waals surface area contributed by atoms with Crippen LogP contribution >= 0.6 is 0 Å². The standard InChI is InChI=1S/C47H40N2O2/c1-47(39-25-9-21-35-23-11-27-41(44(35)39)49(47)29-13-19-33-16-6-3-7-17-33)31-38-45(50)37(46(38)51)30-42-36-24-8-20-34-22-10-26-40(43(34)36)48(42)28-12-18-32-14-4-2-5-15-32/h2-11,14-17,20-27,30-31,50H,12-13,18-19,28-29H2,1H3/b38-31-,42-30-. The molecule has 1 N–H and O–H groups in total. The Morgan fingerprint density at radius 1 is 0.667 bits per heavy atom. The van der Waals surface area contributed by atoms with Crippen molar-refractivity contribution in [1.82, 2.24) is 4.57 Å². The summed E-state index contributed by atoms with van der Waals surface area (Å²) in [7, 11) is 0. The topological polar surface area (TPSA) is 45.5 Å². The summed E-state index contributed by atoms with van der Waals surface area (Å²) in [5, 5.41) is 18.6. The minimum Gasteiger partial charge on any atom is -0.506 e. The van der Waals surface area contributed by atoms with E-state index in [2.05, 4.69) is 150 Å². The van der Waals surface area contributed by atoms with E-state index in [-0.39, 0.29) is 11.5 Å². The van der Waals surface area contributed by atoms with Crippen LogP contribution in [-0.2, 0) is 29.7 Å². The van der Waals surface area contributed by atoms with Crippen molar-refractivity contribution in [3.63, 3.8) is 0 Å². The lowest BCUT2D eigenvalue weighted by Crippen LogP contribution is -2.41. The fraction of sp³-hybridized carbons (Fsp3) is 0.170. The van der Waals surface area contributed by atoms with Gasteiger partial charge in [0.05, 0.1) is 16.7 Å². The van der Waals surface area contributed by atoms with E-state index in [1.165, 1.54) is 38.4 Å². The normalized spacial score (nSPS) is 18.2. The summed E-state index contributed by atoms with van der Waals surface area (Å²) in [6.07, 6.45) is 7.80. The maximum absolute atomic E-state index is 14.2. The van der Waals surface area contributed by atoms with Crippen LogP contribution in [-0.4, -0.2) is 22.0 Å². The summed E-state index contributed by atoms with van der Waals surface area (Å²) in [6, 6.07) is 46.9. The zero-order chi connectivity index (χ0) is 34.5. The Kier molecular flexibility index (Phi) is 7.61. The quantitative estimate of drug-likeness (QED) is 0.148. The number of allylic oxidation sites excluding steroid dienone is 2. The van der Waals surface area contributed by atoms with Crippen molar-refractivity contribution in [2.75, 3.05) is 11.4 Å². The van der Waals surface area contributed by atoms with Crippen molar-refractivity contribution >= 4 is 50.0 Å². The number of aliphatic hydroxyl groups excluding tert-OH is 1. The molecule has 1 unspecified atom stereocenters. The van der Waals surface area contributed by atoms with Gasteiger partial charge >= 0.3 is 0 Å². The predicted octanol–water partition coefficient (Wildman–Crippen LogP) is 9.77. The third kappa shape index (κ3) is 5.17. The first kappa shape index (κ1) is 31.1. The number of carbonyl (C=O) groups is 1. The van der Waals surface area contributed by atoms with Crippen molar-refractivity contribution in [2.45, 2.75) is 44.7 Å². The van der Waals surface area contributed by atoms with Gasteiger partial charge in [-0.15, -0.1) is 0 Å². The van der Waals surface area contributed by atoms with Crippen molar-refractivity contribution in [1.29, 1.82) is 0 Å². The largest absolute Gasteiger partial charge is 0.506 e. The van der Waals surface area contributed by atoms with Gasteiger partial charge in [0.2, 0.25) is 0 Å². The fourth-order valence-electron chi connectivity index (χ4n) is 8.60. The Hall–Kier alpha value is -5.87.